The van der Waals surface area contributed by atoms with Crippen LogP contribution in [0.4, 0.5) is 5.13 Å². The first-order valence-corrected chi connectivity index (χ1v) is 10.4. The number of thiazole rings is 1. The van der Waals surface area contributed by atoms with Gasteiger partial charge in [-0.3, -0.25) is 19.6 Å². The van der Waals surface area contributed by atoms with Gasteiger partial charge < -0.3 is 10.6 Å². The Balaban J connectivity index is 3.11. The van der Waals surface area contributed by atoms with Crippen molar-refractivity contribution in [1.82, 2.24) is 15.8 Å². The molecule has 29 heavy (non-hydrogen) atoms. The molecule has 1 aromatic heterocycles. The van der Waals surface area contributed by atoms with Gasteiger partial charge in [0.25, 0.3) is 0 Å². The summed E-state index contributed by atoms with van der Waals surface area (Å²) in [5, 5.41) is 16.8. The molecule has 0 radical (unpaired) electrons. The summed E-state index contributed by atoms with van der Waals surface area (Å²) in [6.45, 7) is 13.1. The van der Waals surface area contributed by atoms with Crippen LogP contribution in [0, 0.1) is 23.2 Å². The molecule has 0 fully saturated rings. The lowest BCUT2D eigenvalue weighted by molar-refractivity contribution is -0.141. The van der Waals surface area contributed by atoms with Gasteiger partial charge in [-0.15, -0.1) is 17.9 Å². The molecule has 3 amide bonds. The Bertz CT molecular complexity index is 698. The number of hydrogen-bond donors (Lipinski definition) is 4. The Kier molecular flexibility index (Phi) is 9.45. The van der Waals surface area contributed by atoms with Gasteiger partial charge in [-0.2, -0.15) is 0 Å². The normalized spacial score (nSPS) is 14.6. The average molecular weight is 425 g/mol. The number of hydroxylamine groups is 1. The average Bonchev–Trinajstić information content (AvgIpc) is 3.13. The minimum atomic E-state index is -0.838. The predicted octanol–water partition coefficient (Wildman–Crippen LogP) is 2.97. The van der Waals surface area contributed by atoms with E-state index in [2.05, 4.69) is 22.2 Å². The van der Waals surface area contributed by atoms with Crippen LogP contribution >= 0.6 is 11.3 Å². The molecule has 1 aromatic rings. The summed E-state index contributed by atoms with van der Waals surface area (Å²) in [5.41, 5.74) is 1.06. The van der Waals surface area contributed by atoms with Crippen molar-refractivity contribution in [3.63, 3.8) is 0 Å². The highest BCUT2D eigenvalue weighted by Gasteiger charge is 2.38. The van der Waals surface area contributed by atoms with Gasteiger partial charge in [0.1, 0.15) is 6.04 Å². The summed E-state index contributed by atoms with van der Waals surface area (Å²) in [7, 11) is 0. The second kappa shape index (κ2) is 11.1. The fourth-order valence-corrected chi connectivity index (χ4v) is 3.60. The summed E-state index contributed by atoms with van der Waals surface area (Å²) in [6, 6.07) is -0.838. The lowest BCUT2D eigenvalue weighted by Gasteiger charge is -2.33. The van der Waals surface area contributed by atoms with Crippen LogP contribution in [0.3, 0.4) is 0 Å². The smallest absolute Gasteiger partial charge is 0.249 e. The van der Waals surface area contributed by atoms with E-state index in [0.29, 0.717) is 11.6 Å². The monoisotopic (exact) mass is 424 g/mol. The molecular formula is C20H32N4O4S. The maximum atomic E-state index is 13.2. The molecule has 0 saturated carbocycles. The number of rotatable bonds is 10. The van der Waals surface area contributed by atoms with Crippen LogP contribution in [-0.2, 0) is 14.4 Å². The lowest BCUT2D eigenvalue weighted by atomic mass is 9.80. The van der Waals surface area contributed by atoms with Crippen LogP contribution in [0.2, 0.25) is 0 Å². The number of hydrogen-bond acceptors (Lipinski definition) is 6. The molecule has 0 saturated heterocycles. The van der Waals surface area contributed by atoms with Crippen molar-refractivity contribution in [2.45, 2.75) is 53.5 Å². The largest absolute Gasteiger partial charge is 0.344 e. The van der Waals surface area contributed by atoms with E-state index in [-0.39, 0.29) is 18.2 Å². The summed E-state index contributed by atoms with van der Waals surface area (Å²) in [6.07, 6.45) is 3.76. The van der Waals surface area contributed by atoms with Gasteiger partial charge in [0, 0.05) is 11.6 Å². The summed E-state index contributed by atoms with van der Waals surface area (Å²) in [5.74, 6) is -2.83. The number of nitrogens with one attached hydrogen (secondary N) is 3. The minimum absolute atomic E-state index is 0.127. The van der Waals surface area contributed by atoms with Crippen LogP contribution in [-0.4, -0.2) is 34.0 Å². The van der Waals surface area contributed by atoms with Crippen molar-refractivity contribution >= 4 is 34.2 Å². The highest BCUT2D eigenvalue weighted by molar-refractivity contribution is 7.13. The Morgan fingerprint density at radius 1 is 1.21 bits per heavy atom. The van der Waals surface area contributed by atoms with E-state index in [1.165, 1.54) is 17.4 Å². The second-order valence-electron chi connectivity index (χ2n) is 8.48. The quantitative estimate of drug-likeness (QED) is 0.261. The molecule has 1 rings (SSSR count). The lowest BCUT2D eigenvalue weighted by Crippen LogP contribution is -2.54. The van der Waals surface area contributed by atoms with E-state index in [1.54, 1.807) is 17.1 Å². The van der Waals surface area contributed by atoms with Crippen molar-refractivity contribution in [3.8, 4) is 0 Å². The van der Waals surface area contributed by atoms with Crippen molar-refractivity contribution in [2.24, 2.45) is 23.2 Å². The third-order valence-corrected chi connectivity index (χ3v) is 5.18. The number of anilines is 1. The van der Waals surface area contributed by atoms with E-state index < -0.39 is 35.1 Å². The van der Waals surface area contributed by atoms with Gasteiger partial charge >= 0.3 is 0 Å². The molecule has 0 spiro atoms. The van der Waals surface area contributed by atoms with Gasteiger partial charge in [-0.1, -0.05) is 40.7 Å². The highest BCUT2D eigenvalue weighted by Crippen LogP contribution is 2.27. The van der Waals surface area contributed by atoms with Crippen molar-refractivity contribution < 1.29 is 19.6 Å². The maximum absolute atomic E-state index is 13.2. The molecule has 162 valence electrons. The molecule has 9 heteroatoms. The molecule has 3 atom stereocenters. The number of nitrogens with zero attached hydrogens (tertiary/aromatic N) is 1. The fraction of sp³-hybridized carbons (Fsp3) is 0.600. The summed E-state index contributed by atoms with van der Waals surface area (Å²) >= 11 is 1.28. The van der Waals surface area contributed by atoms with Crippen LogP contribution in [0.5, 0.6) is 0 Å². The molecule has 8 nitrogen and oxygen atoms in total. The van der Waals surface area contributed by atoms with E-state index in [0.717, 1.165) is 0 Å². The van der Waals surface area contributed by atoms with Gasteiger partial charge in [-0.05, 0) is 24.2 Å². The van der Waals surface area contributed by atoms with Crippen LogP contribution in [0.15, 0.2) is 24.2 Å². The zero-order chi connectivity index (χ0) is 22.2. The molecule has 0 aliphatic carbocycles. The van der Waals surface area contributed by atoms with E-state index in [4.69, 9.17) is 5.21 Å². The van der Waals surface area contributed by atoms with Crippen LogP contribution < -0.4 is 16.1 Å². The van der Waals surface area contributed by atoms with Crippen LogP contribution in [0.25, 0.3) is 0 Å². The van der Waals surface area contributed by atoms with Crippen LogP contribution in [0.1, 0.15) is 47.5 Å². The molecule has 4 N–H and O–H groups in total. The second-order valence-corrected chi connectivity index (χ2v) is 9.37. The number of carbonyl (C=O) groups excluding carboxylic acids is 3. The maximum Gasteiger partial charge on any atom is 0.249 e. The molecule has 1 heterocycles. The van der Waals surface area contributed by atoms with Crippen molar-refractivity contribution in [3.05, 3.63) is 24.2 Å². The summed E-state index contributed by atoms with van der Waals surface area (Å²) < 4.78 is 0. The number of carbonyl (C=O) groups is 3. The third kappa shape index (κ3) is 7.58. The predicted molar refractivity (Wildman–Crippen MR) is 113 cm³/mol. The van der Waals surface area contributed by atoms with Gasteiger partial charge in [0.2, 0.25) is 17.7 Å². The van der Waals surface area contributed by atoms with E-state index >= 15 is 0 Å². The Morgan fingerprint density at radius 2 is 1.86 bits per heavy atom. The number of aromatic nitrogens is 1. The minimum Gasteiger partial charge on any atom is -0.344 e. The first-order valence-electron chi connectivity index (χ1n) is 9.56. The first-order chi connectivity index (χ1) is 13.5. The molecule has 0 aliphatic rings. The summed E-state index contributed by atoms with van der Waals surface area (Å²) in [4.78, 5) is 42.2. The number of amides is 3. The van der Waals surface area contributed by atoms with E-state index in [1.807, 2.05) is 34.6 Å². The zero-order valence-corrected chi connectivity index (χ0v) is 18.5. The molecule has 0 unspecified atom stereocenters. The zero-order valence-electron chi connectivity index (χ0n) is 17.7. The topological polar surface area (TPSA) is 120 Å². The fourth-order valence-electron chi connectivity index (χ4n) is 3.07. The number of allylic oxidation sites excluding steroid dienone is 1. The third-order valence-electron chi connectivity index (χ3n) is 4.49. The van der Waals surface area contributed by atoms with Gasteiger partial charge in [-0.25, -0.2) is 10.5 Å². The molecule has 0 bridgehead atoms. The highest BCUT2D eigenvalue weighted by atomic mass is 32.1. The first kappa shape index (κ1) is 24.8. The molecule has 0 aliphatic heterocycles. The SMILES string of the molecule is C=CC[C@H](C(=O)NO)[C@@H](CC(C)C)C(=O)N[C@H](C(=O)Nc1nccs1)C(C)(C)C. The van der Waals surface area contributed by atoms with Gasteiger partial charge in [0.05, 0.1) is 11.8 Å². The van der Waals surface area contributed by atoms with Crippen molar-refractivity contribution in [2.75, 3.05) is 5.32 Å². The molecule has 0 aromatic carbocycles. The Morgan fingerprint density at radius 3 is 2.31 bits per heavy atom. The standard InChI is InChI=1S/C20H32N4O4S/c1-7-8-13(17(26)24-28)14(11-12(2)3)16(25)22-15(20(4,5)6)18(27)23-19-21-9-10-29-19/h7,9-10,12-15,28H,1,8,11H2,2-6H3,(H,22,25)(H,24,26)(H,21,23,27)/t13-,14+,15+/m0/s1. The van der Waals surface area contributed by atoms with E-state index in [9.17, 15) is 14.4 Å². The Labute approximate surface area is 176 Å². The van der Waals surface area contributed by atoms with Crippen molar-refractivity contribution in [1.29, 1.82) is 0 Å². The Hall–Kier alpha value is -2.26. The molecular weight excluding hydrogens is 392 g/mol. The van der Waals surface area contributed by atoms with Gasteiger partial charge in [0.15, 0.2) is 5.13 Å².